The maximum Gasteiger partial charge on any atom is 0.416 e. The first-order valence-corrected chi connectivity index (χ1v) is 20.9. The summed E-state index contributed by atoms with van der Waals surface area (Å²) in [6.45, 7) is 2.98. The number of nitrogens with one attached hydrogen (secondary N) is 2. The van der Waals surface area contributed by atoms with Crippen LogP contribution in [0.1, 0.15) is 70.6 Å². The predicted octanol–water partition coefficient (Wildman–Crippen LogP) is 10.1. The Morgan fingerprint density at radius 1 is 0.594 bits per heavy atom. The van der Waals surface area contributed by atoms with Gasteiger partial charge in [-0.1, -0.05) is 60.7 Å². The molecule has 3 N–H and O–H groups in total. The van der Waals surface area contributed by atoms with Crippen molar-refractivity contribution in [2.24, 2.45) is 0 Å². The minimum Gasteiger partial charge on any atom is -0.383 e. The Bertz CT molecular complexity index is 2290. The molecule has 2 saturated heterocycles. The van der Waals surface area contributed by atoms with Crippen molar-refractivity contribution in [2.45, 2.75) is 68.1 Å². The first kappa shape index (κ1) is 54.3. The molecule has 4 amide bonds. The minimum atomic E-state index is -5.00. The molecule has 5 atom stereocenters. The van der Waals surface area contributed by atoms with E-state index < -0.39 is 89.1 Å². The molecule has 4 aromatic rings. The van der Waals surface area contributed by atoms with Crippen LogP contribution in [0.4, 0.5) is 62.3 Å². The molecule has 0 aromatic heterocycles. The largest absolute Gasteiger partial charge is 0.416 e. The molecule has 0 bridgehead atoms. The molecule has 2 heterocycles. The Hall–Kier alpha value is -5.62. The summed E-state index contributed by atoms with van der Waals surface area (Å²) in [4.78, 5) is 27.8. The summed E-state index contributed by atoms with van der Waals surface area (Å²) in [6.07, 6.45) is -23.7. The lowest BCUT2D eigenvalue weighted by atomic mass is 9.89. The third-order valence-corrected chi connectivity index (χ3v) is 11.4. The second-order valence-electron chi connectivity index (χ2n) is 16.2. The second-order valence-corrected chi connectivity index (χ2v) is 16.2. The zero-order valence-corrected chi connectivity index (χ0v) is 37.2. The lowest BCUT2D eigenvalue weighted by Gasteiger charge is -2.34. The fourth-order valence-corrected chi connectivity index (χ4v) is 7.60. The number of rotatable bonds is 16. The molecule has 378 valence electrons. The molecule has 11 nitrogen and oxygen atoms in total. The van der Waals surface area contributed by atoms with Crippen molar-refractivity contribution in [1.29, 1.82) is 0 Å². The maximum atomic E-state index is 13.2. The molecule has 6 rings (SSSR count). The van der Waals surface area contributed by atoms with E-state index >= 15 is 0 Å². The van der Waals surface area contributed by atoms with E-state index in [9.17, 15) is 67.4 Å². The molecule has 0 saturated carbocycles. The summed E-state index contributed by atoms with van der Waals surface area (Å²) in [7, 11) is 2.91. The van der Waals surface area contributed by atoms with Crippen molar-refractivity contribution >= 4 is 12.1 Å². The Morgan fingerprint density at radius 3 is 1.42 bits per heavy atom. The minimum absolute atomic E-state index is 0.0379. The first-order valence-electron chi connectivity index (χ1n) is 20.9. The summed E-state index contributed by atoms with van der Waals surface area (Å²) in [6, 6.07) is 18.6. The highest BCUT2D eigenvalue weighted by Crippen LogP contribution is 2.41. The monoisotopic (exact) mass is 996 g/mol. The maximum absolute atomic E-state index is 13.2. The lowest BCUT2D eigenvalue weighted by molar-refractivity contribution is -0.145. The van der Waals surface area contributed by atoms with Crippen LogP contribution in [0.2, 0.25) is 0 Å². The molecule has 4 aromatic carbocycles. The van der Waals surface area contributed by atoms with Gasteiger partial charge in [0.25, 0.3) is 0 Å². The Balaban J connectivity index is 0.000000258. The fraction of sp³-hybridized carbons (Fsp3) is 0.435. The van der Waals surface area contributed by atoms with Gasteiger partial charge in [-0.2, -0.15) is 52.7 Å². The number of benzene rings is 4. The Labute approximate surface area is 388 Å². The van der Waals surface area contributed by atoms with Gasteiger partial charge in [-0.05, 0) is 72.5 Å². The van der Waals surface area contributed by atoms with E-state index in [2.05, 4.69) is 10.6 Å². The van der Waals surface area contributed by atoms with Crippen molar-refractivity contribution in [3.8, 4) is 0 Å². The fourth-order valence-electron chi connectivity index (χ4n) is 7.60. The number of carbonyl (C=O) groups excluding carboxylic acids is 2. The van der Waals surface area contributed by atoms with Crippen LogP contribution in [0.3, 0.4) is 0 Å². The molecule has 2 fully saturated rings. The summed E-state index contributed by atoms with van der Waals surface area (Å²) >= 11 is 0. The van der Waals surface area contributed by atoms with E-state index in [-0.39, 0.29) is 55.6 Å². The van der Waals surface area contributed by atoms with Gasteiger partial charge in [0.15, 0.2) is 6.23 Å². The van der Waals surface area contributed by atoms with Crippen molar-refractivity contribution in [1.82, 2.24) is 20.4 Å². The van der Waals surface area contributed by atoms with Crippen LogP contribution in [0.15, 0.2) is 97.1 Å². The van der Waals surface area contributed by atoms with Crippen LogP contribution in [0, 0.1) is 0 Å². The highest BCUT2D eigenvalue weighted by atomic mass is 19.4. The van der Waals surface area contributed by atoms with Gasteiger partial charge in [0, 0.05) is 27.3 Å². The highest BCUT2D eigenvalue weighted by molar-refractivity contribution is 5.79. The number of hydrogen-bond acceptors (Lipinski definition) is 7. The average molecular weight is 997 g/mol. The van der Waals surface area contributed by atoms with Gasteiger partial charge in [-0.25, -0.2) is 9.59 Å². The zero-order valence-electron chi connectivity index (χ0n) is 37.2. The van der Waals surface area contributed by atoms with E-state index in [1.54, 1.807) is 60.7 Å². The summed E-state index contributed by atoms with van der Waals surface area (Å²) < 4.78 is 180. The highest BCUT2D eigenvalue weighted by Gasteiger charge is 2.53. The molecule has 1 unspecified atom stereocenters. The quantitative estimate of drug-likeness (QED) is 0.0956. The summed E-state index contributed by atoms with van der Waals surface area (Å²) in [5, 5.41) is 16.6. The van der Waals surface area contributed by atoms with Gasteiger partial charge in [0.1, 0.15) is 11.1 Å². The van der Waals surface area contributed by atoms with E-state index in [1.807, 2.05) is 0 Å². The normalized spacial score (nSPS) is 20.9. The van der Waals surface area contributed by atoms with Crippen molar-refractivity contribution < 1.29 is 86.3 Å². The third kappa shape index (κ3) is 13.2. The number of hydrogen-bond donors (Lipinski definition) is 3. The summed E-state index contributed by atoms with van der Waals surface area (Å²) in [5.74, 6) is 0. The topological polar surface area (TPSA) is 122 Å². The van der Waals surface area contributed by atoms with Gasteiger partial charge in [-0.15, -0.1) is 0 Å². The number of nitrogens with zero attached hydrogens (tertiary/aromatic N) is 2. The third-order valence-electron chi connectivity index (χ3n) is 11.4. The molecule has 2 aliphatic rings. The van der Waals surface area contributed by atoms with Crippen molar-refractivity contribution in [2.75, 3.05) is 60.3 Å². The van der Waals surface area contributed by atoms with Crippen molar-refractivity contribution in [3.63, 3.8) is 0 Å². The van der Waals surface area contributed by atoms with Gasteiger partial charge in [0.05, 0.1) is 67.4 Å². The number of alkyl halides is 12. The number of ether oxygens (including phenoxy) is 4. The molecule has 0 aliphatic carbocycles. The van der Waals surface area contributed by atoms with Crippen LogP contribution in [-0.2, 0) is 54.7 Å². The zero-order chi connectivity index (χ0) is 51.2. The van der Waals surface area contributed by atoms with E-state index in [1.165, 1.54) is 33.0 Å². The van der Waals surface area contributed by atoms with Crippen LogP contribution < -0.4 is 10.6 Å². The predicted molar refractivity (Wildman–Crippen MR) is 223 cm³/mol. The molecule has 23 heteroatoms. The van der Waals surface area contributed by atoms with E-state index in [0.717, 1.165) is 4.90 Å². The number of carbonyl (C=O) groups is 2. The van der Waals surface area contributed by atoms with Crippen LogP contribution in [0.5, 0.6) is 0 Å². The Kier molecular flexibility index (Phi) is 17.0. The van der Waals surface area contributed by atoms with Gasteiger partial charge in [-0.3, -0.25) is 4.90 Å². The van der Waals surface area contributed by atoms with Gasteiger partial charge < -0.3 is 39.6 Å². The van der Waals surface area contributed by atoms with E-state index in [0.29, 0.717) is 48.5 Å². The van der Waals surface area contributed by atoms with E-state index in [4.69, 9.17) is 18.9 Å². The first-order chi connectivity index (χ1) is 32.1. The Morgan fingerprint density at radius 2 is 1.00 bits per heavy atom. The molecular formula is C46H48F12N4O7. The number of aliphatic hydroxyl groups is 1. The molecule has 0 radical (unpaired) electrons. The molecule has 69 heavy (non-hydrogen) atoms. The number of amides is 4. The van der Waals surface area contributed by atoms with Gasteiger partial charge in [0.2, 0.25) is 0 Å². The van der Waals surface area contributed by atoms with Crippen LogP contribution in [0.25, 0.3) is 0 Å². The van der Waals surface area contributed by atoms with Gasteiger partial charge >= 0.3 is 36.8 Å². The van der Waals surface area contributed by atoms with Crippen molar-refractivity contribution in [3.05, 3.63) is 142 Å². The SMILES string of the molecule is COCCN1C(=O)N[C@](CO[C@H](C)c2cc(C(F)(F)F)cc(C(F)(F)F)c2)(c2ccccc2)C1O.COCCN1C[C@@](CO[C@H](C)c2cc(C(F)(F)F)cc(C(F)(F)F)c2)(c2ccccc2)NC1=O. The molecular weight excluding hydrogens is 949 g/mol. The van der Waals surface area contributed by atoms with Crippen LogP contribution in [-0.4, -0.2) is 93.5 Å². The number of methoxy groups -OCH3 is 2. The summed E-state index contributed by atoms with van der Waals surface area (Å²) in [5.41, 5.74) is -7.83. The lowest BCUT2D eigenvalue weighted by Crippen LogP contribution is -2.51. The average Bonchev–Trinajstić information content (AvgIpc) is 3.76. The second kappa shape index (κ2) is 21.6. The smallest absolute Gasteiger partial charge is 0.383 e. The molecule has 2 aliphatic heterocycles. The standard InChI is InChI=1S/C23H24F6N2O4.C23H24F6N2O3/c1-14(15-10-17(22(24,25)26)12-18(11-15)23(27,28)29)35-13-21(16-6-4-3-5-7-16)19(32)31(8-9-34-2)20(33)30-21;1-15(16-10-18(22(24,25)26)12-19(11-16)23(27,28)29)34-14-21(17-6-4-3-5-7-17)13-31(8-9-33-2)20(32)30-21/h3-7,10-12,14,19,32H,8-9,13H2,1-2H3,(H,30,33);3-7,10-12,15H,8-9,13-14H2,1-2H3,(H,30,32)/t14-,19?,21-;15-,21-/m11/s1. The van der Waals surface area contributed by atoms with Crippen LogP contribution >= 0.6 is 0 Å². The number of urea groups is 2. The molecule has 0 spiro atoms. The number of halogens is 12. The number of aliphatic hydroxyl groups excluding tert-OH is 1.